The van der Waals surface area contributed by atoms with Crippen LogP contribution >= 0.6 is 0 Å². The molecule has 2 atom stereocenters. The van der Waals surface area contributed by atoms with Crippen molar-refractivity contribution in [1.29, 1.82) is 0 Å². The van der Waals surface area contributed by atoms with E-state index < -0.39 is 12.1 Å². The van der Waals surface area contributed by atoms with Gasteiger partial charge >= 0.3 is 5.97 Å². The van der Waals surface area contributed by atoms with E-state index in [2.05, 4.69) is 67.8 Å². The molecule has 0 bridgehead atoms. The second-order valence-corrected chi connectivity index (χ2v) is 20.7. The standard InChI is InChI=1S/C63H117NO5/c1-3-5-7-9-11-13-14-15-16-31-34-37-41-45-49-53-57-63(68)69-58-54-50-46-42-38-35-32-29-27-25-23-21-19-17-18-20-22-24-26-28-30-33-36-40-44-48-52-56-62(67)64-60(59-65)61(66)55-51-47-43-39-12-10-8-6-4-2/h13-14,16-18,21,23,31,60-61,65-66H,3-12,15,19-20,22,24-30,32-59H2,1-2H3,(H,64,67)/b14-13-,18-17-,23-21-,31-16-. The van der Waals surface area contributed by atoms with Crippen molar-refractivity contribution in [2.75, 3.05) is 13.2 Å². The number of ether oxygens (including phenoxy) is 1. The van der Waals surface area contributed by atoms with Crippen LogP contribution in [0.1, 0.15) is 316 Å². The number of unbranched alkanes of at least 4 members (excludes halogenated alkanes) is 37. The number of aliphatic hydroxyl groups excluding tert-OH is 2. The molecule has 6 heteroatoms. The average Bonchev–Trinajstić information content (AvgIpc) is 3.35. The zero-order valence-corrected chi connectivity index (χ0v) is 46.0. The molecular formula is C63H117NO5. The Hall–Kier alpha value is -2.18. The molecule has 1 amide bonds. The number of amides is 1. The summed E-state index contributed by atoms with van der Waals surface area (Å²) in [6.45, 7) is 4.91. The SMILES string of the molecule is CCCCCC/C=C\C/C=C\CCCCCCCC(=O)OCCCCCCCCCCC/C=C\C/C=C\CCCCCCCCCCCCCC(=O)NC(CO)C(O)CCCCCCCCCCC. The molecule has 0 rings (SSSR count). The lowest BCUT2D eigenvalue weighted by Gasteiger charge is -2.22. The Morgan fingerprint density at radius 2 is 0.725 bits per heavy atom. The summed E-state index contributed by atoms with van der Waals surface area (Å²) >= 11 is 0. The number of carbonyl (C=O) groups is 2. The number of hydrogen-bond donors (Lipinski definition) is 3. The van der Waals surface area contributed by atoms with Crippen molar-refractivity contribution < 1.29 is 24.5 Å². The van der Waals surface area contributed by atoms with Crippen LogP contribution in [0, 0.1) is 0 Å². The second kappa shape index (κ2) is 58.4. The Morgan fingerprint density at radius 1 is 0.406 bits per heavy atom. The quantitative estimate of drug-likeness (QED) is 0.0321. The zero-order valence-electron chi connectivity index (χ0n) is 46.0. The fourth-order valence-corrected chi connectivity index (χ4v) is 9.17. The maximum atomic E-state index is 12.4. The Balaban J connectivity index is 3.40. The van der Waals surface area contributed by atoms with E-state index in [4.69, 9.17) is 4.74 Å². The Bertz CT molecular complexity index is 1160. The van der Waals surface area contributed by atoms with E-state index in [-0.39, 0.29) is 18.5 Å². The first-order valence-electron chi connectivity index (χ1n) is 30.4. The van der Waals surface area contributed by atoms with Crippen molar-refractivity contribution in [3.8, 4) is 0 Å². The number of rotatable bonds is 56. The topological polar surface area (TPSA) is 95.9 Å². The average molecular weight is 969 g/mol. The molecule has 3 N–H and O–H groups in total. The normalized spacial score (nSPS) is 12.9. The summed E-state index contributed by atoms with van der Waals surface area (Å²) in [5, 5.41) is 23.1. The Labute approximate surface area is 429 Å². The van der Waals surface area contributed by atoms with E-state index in [1.807, 2.05) is 0 Å². The van der Waals surface area contributed by atoms with E-state index in [0.717, 1.165) is 57.8 Å². The van der Waals surface area contributed by atoms with E-state index in [1.165, 1.54) is 225 Å². The Morgan fingerprint density at radius 3 is 1.12 bits per heavy atom. The molecule has 0 aliphatic carbocycles. The molecule has 69 heavy (non-hydrogen) atoms. The molecule has 0 aliphatic heterocycles. The van der Waals surface area contributed by atoms with Crippen LogP contribution in [-0.2, 0) is 14.3 Å². The first kappa shape index (κ1) is 66.8. The largest absolute Gasteiger partial charge is 0.466 e. The van der Waals surface area contributed by atoms with E-state index >= 15 is 0 Å². The highest BCUT2D eigenvalue weighted by atomic mass is 16.5. The van der Waals surface area contributed by atoms with Crippen LogP contribution in [0.5, 0.6) is 0 Å². The number of aliphatic hydroxyl groups is 2. The van der Waals surface area contributed by atoms with Crippen LogP contribution in [0.4, 0.5) is 0 Å². The van der Waals surface area contributed by atoms with Crippen molar-refractivity contribution in [3.63, 3.8) is 0 Å². The van der Waals surface area contributed by atoms with Gasteiger partial charge in [-0.25, -0.2) is 0 Å². The summed E-state index contributed by atoms with van der Waals surface area (Å²) in [4.78, 5) is 24.5. The van der Waals surface area contributed by atoms with Gasteiger partial charge in [0.05, 0.1) is 25.4 Å². The third-order valence-corrected chi connectivity index (χ3v) is 13.9. The minimum atomic E-state index is -0.665. The molecule has 0 aliphatic rings. The summed E-state index contributed by atoms with van der Waals surface area (Å²) in [6, 6.07) is -0.542. The summed E-state index contributed by atoms with van der Waals surface area (Å²) in [5.74, 6) is -0.0442. The molecule has 0 saturated carbocycles. The highest BCUT2D eigenvalue weighted by Gasteiger charge is 2.20. The molecule has 0 aromatic carbocycles. The number of esters is 1. The third kappa shape index (κ3) is 55.0. The van der Waals surface area contributed by atoms with Gasteiger partial charge in [0.2, 0.25) is 5.91 Å². The second-order valence-electron chi connectivity index (χ2n) is 20.7. The molecule has 0 fully saturated rings. The van der Waals surface area contributed by atoms with Gasteiger partial charge in [-0.05, 0) is 89.9 Å². The van der Waals surface area contributed by atoms with Crippen LogP contribution in [0.25, 0.3) is 0 Å². The van der Waals surface area contributed by atoms with Crippen molar-refractivity contribution in [3.05, 3.63) is 48.6 Å². The first-order chi connectivity index (χ1) is 34.0. The van der Waals surface area contributed by atoms with Crippen LogP contribution < -0.4 is 5.32 Å². The maximum absolute atomic E-state index is 12.4. The lowest BCUT2D eigenvalue weighted by molar-refractivity contribution is -0.143. The molecular weight excluding hydrogens is 851 g/mol. The lowest BCUT2D eigenvalue weighted by Crippen LogP contribution is -2.45. The van der Waals surface area contributed by atoms with E-state index in [0.29, 0.717) is 25.9 Å². The predicted molar refractivity (Wildman–Crippen MR) is 301 cm³/mol. The molecule has 404 valence electrons. The van der Waals surface area contributed by atoms with Crippen molar-refractivity contribution in [2.45, 2.75) is 328 Å². The summed E-state index contributed by atoms with van der Waals surface area (Å²) in [5.41, 5.74) is 0. The van der Waals surface area contributed by atoms with Gasteiger partial charge in [0.15, 0.2) is 0 Å². The van der Waals surface area contributed by atoms with E-state index in [9.17, 15) is 19.8 Å². The Kier molecular flexibility index (Phi) is 56.5. The summed E-state index contributed by atoms with van der Waals surface area (Å²) in [7, 11) is 0. The number of carbonyl (C=O) groups excluding carboxylic acids is 2. The van der Waals surface area contributed by atoms with E-state index in [1.54, 1.807) is 0 Å². The van der Waals surface area contributed by atoms with Gasteiger partial charge in [-0.2, -0.15) is 0 Å². The molecule has 0 spiro atoms. The van der Waals surface area contributed by atoms with Gasteiger partial charge in [0.1, 0.15) is 0 Å². The van der Waals surface area contributed by atoms with Gasteiger partial charge in [-0.1, -0.05) is 262 Å². The number of hydrogen-bond acceptors (Lipinski definition) is 5. The van der Waals surface area contributed by atoms with Crippen LogP contribution in [0.3, 0.4) is 0 Å². The highest BCUT2D eigenvalue weighted by Crippen LogP contribution is 2.16. The van der Waals surface area contributed by atoms with Crippen LogP contribution in [0.2, 0.25) is 0 Å². The third-order valence-electron chi connectivity index (χ3n) is 13.9. The number of allylic oxidation sites excluding steroid dienone is 8. The van der Waals surface area contributed by atoms with Gasteiger partial charge in [-0.15, -0.1) is 0 Å². The molecule has 2 unspecified atom stereocenters. The molecule has 0 heterocycles. The number of nitrogens with one attached hydrogen (secondary N) is 1. The van der Waals surface area contributed by atoms with Gasteiger partial charge < -0.3 is 20.3 Å². The lowest BCUT2D eigenvalue weighted by atomic mass is 10.0. The molecule has 0 aromatic heterocycles. The molecule has 0 radical (unpaired) electrons. The minimum absolute atomic E-state index is 0.00334. The van der Waals surface area contributed by atoms with Crippen molar-refractivity contribution in [2.24, 2.45) is 0 Å². The van der Waals surface area contributed by atoms with Gasteiger partial charge in [0, 0.05) is 12.8 Å². The van der Waals surface area contributed by atoms with Gasteiger partial charge in [0.25, 0.3) is 0 Å². The molecule has 0 saturated heterocycles. The van der Waals surface area contributed by atoms with Crippen LogP contribution in [-0.4, -0.2) is 47.4 Å². The molecule has 0 aromatic rings. The zero-order chi connectivity index (χ0) is 50.0. The highest BCUT2D eigenvalue weighted by molar-refractivity contribution is 5.76. The van der Waals surface area contributed by atoms with Crippen LogP contribution in [0.15, 0.2) is 48.6 Å². The predicted octanol–water partition coefficient (Wildman–Crippen LogP) is 19.0. The maximum Gasteiger partial charge on any atom is 0.305 e. The van der Waals surface area contributed by atoms with Crippen molar-refractivity contribution in [1.82, 2.24) is 5.32 Å². The molecule has 6 nitrogen and oxygen atoms in total. The summed E-state index contributed by atoms with van der Waals surface area (Å²) in [6.07, 6.45) is 74.1. The summed E-state index contributed by atoms with van der Waals surface area (Å²) < 4.78 is 5.48. The van der Waals surface area contributed by atoms with Crippen molar-refractivity contribution >= 4 is 11.9 Å². The first-order valence-corrected chi connectivity index (χ1v) is 30.4. The smallest absolute Gasteiger partial charge is 0.305 e. The minimum Gasteiger partial charge on any atom is -0.466 e. The van der Waals surface area contributed by atoms with Gasteiger partial charge in [-0.3, -0.25) is 9.59 Å². The fraction of sp³-hybridized carbons (Fsp3) is 0.841. The monoisotopic (exact) mass is 968 g/mol. The fourth-order valence-electron chi connectivity index (χ4n) is 9.17.